The average molecular weight is 307 g/mol. The standard InChI is InChI=1S/C16H13N5O2/c1-8-18-13-5-10(7-17-15(13)19-8)16(22)21-11-3-4-14-12(6-11)20-9(2)23-14/h3-7H,1-2H3,(H,21,22)(H,17,18,19). The third kappa shape index (κ3) is 2.42. The molecular formula is C16H13N5O2. The smallest absolute Gasteiger partial charge is 0.257 e. The Hall–Kier alpha value is -3.22. The zero-order valence-corrected chi connectivity index (χ0v) is 12.5. The molecule has 2 N–H and O–H groups in total. The molecule has 0 aliphatic carbocycles. The Bertz CT molecular complexity index is 1050. The minimum atomic E-state index is -0.244. The number of aromatic amines is 1. The van der Waals surface area contributed by atoms with Gasteiger partial charge < -0.3 is 14.7 Å². The molecule has 7 nitrogen and oxygen atoms in total. The Morgan fingerprint density at radius 2 is 2.09 bits per heavy atom. The predicted molar refractivity (Wildman–Crippen MR) is 85.3 cm³/mol. The van der Waals surface area contributed by atoms with E-state index in [1.807, 2.05) is 6.92 Å². The number of carbonyl (C=O) groups excluding carboxylic acids is 1. The lowest BCUT2D eigenvalue weighted by atomic mass is 10.2. The largest absolute Gasteiger partial charge is 0.441 e. The number of nitrogens with one attached hydrogen (secondary N) is 2. The lowest BCUT2D eigenvalue weighted by molar-refractivity contribution is 0.102. The van der Waals surface area contributed by atoms with Crippen molar-refractivity contribution in [2.75, 3.05) is 5.32 Å². The van der Waals surface area contributed by atoms with Gasteiger partial charge in [0.05, 0.1) is 11.1 Å². The van der Waals surface area contributed by atoms with Crippen LogP contribution in [0.1, 0.15) is 22.1 Å². The topological polar surface area (TPSA) is 96.7 Å². The fraction of sp³-hybridized carbons (Fsp3) is 0.125. The Labute approximate surface area is 130 Å². The summed E-state index contributed by atoms with van der Waals surface area (Å²) in [4.78, 5) is 28.1. The average Bonchev–Trinajstić information content (AvgIpc) is 3.06. The first-order valence-corrected chi connectivity index (χ1v) is 7.09. The Morgan fingerprint density at radius 1 is 1.22 bits per heavy atom. The quantitative estimate of drug-likeness (QED) is 0.593. The van der Waals surface area contributed by atoms with Gasteiger partial charge in [-0.1, -0.05) is 0 Å². The molecular weight excluding hydrogens is 294 g/mol. The summed E-state index contributed by atoms with van der Waals surface area (Å²) in [5.41, 5.74) is 3.83. The monoisotopic (exact) mass is 307 g/mol. The van der Waals surface area contributed by atoms with Crippen LogP contribution >= 0.6 is 0 Å². The molecule has 0 atom stereocenters. The van der Waals surface area contributed by atoms with E-state index in [1.165, 1.54) is 6.20 Å². The van der Waals surface area contributed by atoms with E-state index in [9.17, 15) is 4.79 Å². The fourth-order valence-corrected chi connectivity index (χ4v) is 2.47. The van der Waals surface area contributed by atoms with Gasteiger partial charge in [0.15, 0.2) is 17.1 Å². The van der Waals surface area contributed by atoms with Crippen LogP contribution in [0.5, 0.6) is 0 Å². The van der Waals surface area contributed by atoms with Gasteiger partial charge in [-0.3, -0.25) is 4.79 Å². The summed E-state index contributed by atoms with van der Waals surface area (Å²) in [6, 6.07) is 7.06. The lowest BCUT2D eigenvalue weighted by Crippen LogP contribution is -2.12. The molecule has 4 rings (SSSR count). The summed E-state index contributed by atoms with van der Waals surface area (Å²) in [6.07, 6.45) is 1.51. The van der Waals surface area contributed by atoms with Crippen LogP contribution in [0.3, 0.4) is 0 Å². The van der Waals surface area contributed by atoms with E-state index < -0.39 is 0 Å². The van der Waals surface area contributed by atoms with Crippen molar-refractivity contribution < 1.29 is 9.21 Å². The van der Waals surface area contributed by atoms with E-state index in [0.29, 0.717) is 33.9 Å². The van der Waals surface area contributed by atoms with E-state index in [2.05, 4.69) is 25.3 Å². The van der Waals surface area contributed by atoms with Crippen LogP contribution in [0.15, 0.2) is 34.9 Å². The molecule has 0 aliphatic heterocycles. The Balaban J connectivity index is 1.63. The van der Waals surface area contributed by atoms with Gasteiger partial charge in [0.1, 0.15) is 11.3 Å². The highest BCUT2D eigenvalue weighted by Crippen LogP contribution is 2.20. The number of H-pyrrole nitrogens is 1. The third-order valence-electron chi connectivity index (χ3n) is 3.47. The fourth-order valence-electron chi connectivity index (χ4n) is 2.47. The van der Waals surface area contributed by atoms with Gasteiger partial charge in [0.25, 0.3) is 5.91 Å². The summed E-state index contributed by atoms with van der Waals surface area (Å²) in [6.45, 7) is 3.63. The van der Waals surface area contributed by atoms with Crippen molar-refractivity contribution >= 4 is 33.9 Å². The van der Waals surface area contributed by atoms with Crippen LogP contribution in [-0.2, 0) is 0 Å². The molecule has 0 radical (unpaired) electrons. The number of rotatable bonds is 2. The van der Waals surface area contributed by atoms with Gasteiger partial charge in [0, 0.05) is 18.8 Å². The molecule has 3 aromatic heterocycles. The number of oxazole rings is 1. The number of nitrogens with zero attached hydrogens (tertiary/aromatic N) is 3. The van der Waals surface area contributed by atoms with E-state index in [1.54, 1.807) is 31.2 Å². The zero-order valence-electron chi connectivity index (χ0n) is 12.5. The van der Waals surface area contributed by atoms with Crippen LogP contribution < -0.4 is 5.32 Å². The van der Waals surface area contributed by atoms with Crippen molar-refractivity contribution in [3.63, 3.8) is 0 Å². The third-order valence-corrected chi connectivity index (χ3v) is 3.47. The number of benzene rings is 1. The van der Waals surface area contributed by atoms with E-state index >= 15 is 0 Å². The maximum atomic E-state index is 12.4. The van der Waals surface area contributed by atoms with Crippen molar-refractivity contribution in [2.24, 2.45) is 0 Å². The highest BCUT2D eigenvalue weighted by atomic mass is 16.3. The Morgan fingerprint density at radius 3 is 2.96 bits per heavy atom. The van der Waals surface area contributed by atoms with Crippen LogP contribution in [0, 0.1) is 13.8 Å². The maximum Gasteiger partial charge on any atom is 0.257 e. The second-order valence-corrected chi connectivity index (χ2v) is 5.29. The van der Waals surface area contributed by atoms with Crippen LogP contribution in [0.4, 0.5) is 5.69 Å². The molecule has 1 aromatic carbocycles. The van der Waals surface area contributed by atoms with Crippen molar-refractivity contribution in [1.29, 1.82) is 0 Å². The number of amides is 1. The lowest BCUT2D eigenvalue weighted by Gasteiger charge is -2.04. The van der Waals surface area contributed by atoms with Gasteiger partial charge in [0.2, 0.25) is 0 Å². The summed E-state index contributed by atoms with van der Waals surface area (Å²) < 4.78 is 5.42. The summed E-state index contributed by atoms with van der Waals surface area (Å²) >= 11 is 0. The molecule has 0 bridgehead atoms. The molecule has 4 aromatic rings. The molecule has 1 amide bonds. The molecule has 7 heteroatoms. The maximum absolute atomic E-state index is 12.4. The Kier molecular flexibility index (Phi) is 2.87. The number of anilines is 1. The first kappa shape index (κ1) is 13.4. The van der Waals surface area contributed by atoms with Gasteiger partial charge in [-0.2, -0.15) is 0 Å². The first-order valence-electron chi connectivity index (χ1n) is 7.09. The summed E-state index contributed by atoms with van der Waals surface area (Å²) in [5, 5.41) is 2.84. The summed E-state index contributed by atoms with van der Waals surface area (Å²) in [5.74, 6) is 1.11. The molecule has 0 fully saturated rings. The van der Waals surface area contributed by atoms with Gasteiger partial charge in [-0.15, -0.1) is 0 Å². The minimum absolute atomic E-state index is 0.244. The van der Waals surface area contributed by atoms with Crippen molar-refractivity contribution in [2.45, 2.75) is 13.8 Å². The molecule has 23 heavy (non-hydrogen) atoms. The number of hydrogen-bond acceptors (Lipinski definition) is 5. The van der Waals surface area contributed by atoms with Gasteiger partial charge in [-0.25, -0.2) is 15.0 Å². The van der Waals surface area contributed by atoms with E-state index in [0.717, 1.165) is 11.3 Å². The highest BCUT2D eigenvalue weighted by molar-refractivity contribution is 6.05. The molecule has 0 aliphatic rings. The van der Waals surface area contributed by atoms with Crippen LogP contribution in [-0.4, -0.2) is 25.8 Å². The normalized spacial score (nSPS) is 11.2. The zero-order chi connectivity index (χ0) is 16.0. The molecule has 0 spiro atoms. The minimum Gasteiger partial charge on any atom is -0.441 e. The number of imidazole rings is 1. The first-order chi connectivity index (χ1) is 11.1. The number of pyridine rings is 1. The summed E-state index contributed by atoms with van der Waals surface area (Å²) in [7, 11) is 0. The molecule has 114 valence electrons. The van der Waals surface area contributed by atoms with Gasteiger partial charge >= 0.3 is 0 Å². The molecule has 0 unspecified atom stereocenters. The van der Waals surface area contributed by atoms with Gasteiger partial charge in [-0.05, 0) is 31.2 Å². The van der Waals surface area contributed by atoms with E-state index in [-0.39, 0.29) is 5.91 Å². The predicted octanol–water partition coefficient (Wildman–Crippen LogP) is 2.97. The number of fused-ring (bicyclic) bond motifs is 2. The second kappa shape index (κ2) is 4.91. The van der Waals surface area contributed by atoms with E-state index in [4.69, 9.17) is 4.42 Å². The SMILES string of the molecule is Cc1nc2ncc(C(=O)Nc3ccc4oc(C)nc4c3)cc2[nH]1. The van der Waals surface area contributed by atoms with Crippen molar-refractivity contribution in [3.05, 3.63) is 47.7 Å². The highest BCUT2D eigenvalue weighted by Gasteiger charge is 2.11. The second-order valence-electron chi connectivity index (χ2n) is 5.29. The molecule has 3 heterocycles. The number of aromatic nitrogens is 4. The number of aryl methyl sites for hydroxylation is 2. The van der Waals surface area contributed by atoms with Crippen molar-refractivity contribution in [3.8, 4) is 0 Å². The molecule has 0 saturated carbocycles. The van der Waals surface area contributed by atoms with Crippen LogP contribution in [0.2, 0.25) is 0 Å². The molecule has 0 saturated heterocycles. The number of hydrogen-bond donors (Lipinski definition) is 2. The van der Waals surface area contributed by atoms with Crippen molar-refractivity contribution in [1.82, 2.24) is 19.9 Å². The van der Waals surface area contributed by atoms with Crippen LogP contribution in [0.25, 0.3) is 22.3 Å². The number of carbonyl (C=O) groups is 1.